The van der Waals surface area contributed by atoms with Crippen LogP contribution in [0.4, 0.5) is 0 Å². The summed E-state index contributed by atoms with van der Waals surface area (Å²) in [6.45, 7) is 4.56. The molecule has 142 valence electrons. The molecule has 1 unspecified atom stereocenters. The number of rotatable bonds is 6. The summed E-state index contributed by atoms with van der Waals surface area (Å²) in [5.74, 6) is -1.37. The van der Waals surface area contributed by atoms with Crippen LogP contribution in [0.1, 0.15) is 51.0 Å². The van der Waals surface area contributed by atoms with Crippen molar-refractivity contribution in [2.24, 2.45) is 0 Å². The Morgan fingerprint density at radius 3 is 2.35 bits per heavy atom. The lowest BCUT2D eigenvalue weighted by Gasteiger charge is -2.38. The van der Waals surface area contributed by atoms with Gasteiger partial charge in [-0.15, -0.1) is 0 Å². The highest BCUT2D eigenvalue weighted by Crippen LogP contribution is 2.37. The third-order valence-electron chi connectivity index (χ3n) is 5.50. The van der Waals surface area contributed by atoms with E-state index in [1.54, 1.807) is 24.3 Å². The summed E-state index contributed by atoms with van der Waals surface area (Å²) in [7, 11) is 0. The third kappa shape index (κ3) is 4.38. The molecule has 26 heavy (non-hydrogen) atoms. The molecule has 2 aliphatic heterocycles. The summed E-state index contributed by atoms with van der Waals surface area (Å²) < 4.78 is 11.0. The first-order valence-corrected chi connectivity index (χ1v) is 9.70. The standard InChI is InChI=1S/C20H26ClNO4/c1-3-22-16-8-9-17(22)11-18(10-16)26-20(24)19(12-25-13(2)23)14-4-6-15(21)7-5-14/h4-7,16-19H,3,8-12H2,1-2H3/t16-,17+,18?,19-/m0/s1. The van der Waals surface area contributed by atoms with Crippen molar-refractivity contribution in [2.45, 2.75) is 63.6 Å². The van der Waals surface area contributed by atoms with Crippen molar-refractivity contribution >= 4 is 23.5 Å². The summed E-state index contributed by atoms with van der Waals surface area (Å²) in [5.41, 5.74) is 0.745. The van der Waals surface area contributed by atoms with Gasteiger partial charge in [0.05, 0.1) is 0 Å². The minimum absolute atomic E-state index is 0.0174. The van der Waals surface area contributed by atoms with Crippen LogP contribution in [-0.2, 0) is 19.1 Å². The molecule has 1 aromatic rings. The molecule has 2 heterocycles. The lowest BCUT2D eigenvalue weighted by molar-refractivity contribution is -0.157. The zero-order valence-electron chi connectivity index (χ0n) is 15.3. The minimum atomic E-state index is -0.627. The average Bonchev–Trinajstić information content (AvgIpc) is 2.85. The van der Waals surface area contributed by atoms with E-state index in [0.717, 1.165) is 24.9 Å². The van der Waals surface area contributed by atoms with Crippen molar-refractivity contribution in [3.05, 3.63) is 34.9 Å². The molecule has 5 nitrogen and oxygen atoms in total. The van der Waals surface area contributed by atoms with Crippen molar-refractivity contribution in [2.75, 3.05) is 13.2 Å². The molecule has 0 aliphatic carbocycles. The van der Waals surface area contributed by atoms with Gasteiger partial charge >= 0.3 is 11.9 Å². The quantitative estimate of drug-likeness (QED) is 0.707. The topological polar surface area (TPSA) is 55.8 Å². The molecule has 2 bridgehead atoms. The van der Waals surface area contributed by atoms with Gasteiger partial charge in [0.25, 0.3) is 0 Å². The van der Waals surface area contributed by atoms with Crippen molar-refractivity contribution in [3.8, 4) is 0 Å². The van der Waals surface area contributed by atoms with E-state index in [1.807, 2.05) is 0 Å². The summed E-state index contributed by atoms with van der Waals surface area (Å²) >= 11 is 5.94. The van der Waals surface area contributed by atoms with Gasteiger partial charge in [-0.25, -0.2) is 0 Å². The number of fused-ring (bicyclic) bond motifs is 2. The molecule has 3 rings (SSSR count). The number of hydrogen-bond donors (Lipinski definition) is 0. The van der Waals surface area contributed by atoms with Crippen LogP contribution in [0.15, 0.2) is 24.3 Å². The van der Waals surface area contributed by atoms with Gasteiger partial charge in [-0.1, -0.05) is 30.7 Å². The van der Waals surface area contributed by atoms with Crippen LogP contribution >= 0.6 is 11.6 Å². The second-order valence-electron chi connectivity index (χ2n) is 7.15. The van der Waals surface area contributed by atoms with E-state index in [9.17, 15) is 9.59 Å². The fraction of sp³-hybridized carbons (Fsp3) is 0.600. The Balaban J connectivity index is 1.67. The predicted molar refractivity (Wildman–Crippen MR) is 99.1 cm³/mol. The van der Waals surface area contributed by atoms with Crippen molar-refractivity contribution < 1.29 is 19.1 Å². The Labute approximate surface area is 159 Å². The van der Waals surface area contributed by atoms with Crippen LogP contribution in [0.2, 0.25) is 5.02 Å². The van der Waals surface area contributed by atoms with Crippen molar-refractivity contribution in [1.29, 1.82) is 0 Å². The van der Waals surface area contributed by atoms with Gasteiger partial charge in [0, 0.05) is 36.9 Å². The number of carbonyl (C=O) groups is 2. The highest BCUT2D eigenvalue weighted by Gasteiger charge is 2.41. The first-order chi connectivity index (χ1) is 12.5. The monoisotopic (exact) mass is 379 g/mol. The van der Waals surface area contributed by atoms with Gasteiger partial charge in [-0.2, -0.15) is 0 Å². The zero-order chi connectivity index (χ0) is 18.7. The Hall–Kier alpha value is -1.59. The van der Waals surface area contributed by atoms with Gasteiger partial charge < -0.3 is 9.47 Å². The molecule has 1 aromatic carbocycles. The summed E-state index contributed by atoms with van der Waals surface area (Å²) in [6, 6.07) is 8.04. The van der Waals surface area contributed by atoms with Crippen LogP contribution in [0.5, 0.6) is 0 Å². The largest absolute Gasteiger partial charge is 0.465 e. The molecule has 2 aliphatic rings. The lowest BCUT2D eigenvalue weighted by atomic mass is 9.98. The molecular formula is C20H26ClNO4. The fourth-order valence-electron chi connectivity index (χ4n) is 4.28. The first kappa shape index (κ1) is 19.2. The molecule has 0 spiro atoms. The lowest BCUT2D eigenvalue weighted by Crippen LogP contribution is -2.46. The van der Waals surface area contributed by atoms with Gasteiger partial charge in [-0.3, -0.25) is 14.5 Å². The Kier molecular flexibility index (Phi) is 6.20. The molecule has 4 atom stereocenters. The smallest absolute Gasteiger partial charge is 0.317 e. The Bertz CT molecular complexity index is 634. The van der Waals surface area contributed by atoms with E-state index in [1.165, 1.54) is 19.8 Å². The number of ether oxygens (including phenoxy) is 2. The predicted octanol–water partition coefficient (Wildman–Crippen LogP) is 3.55. The van der Waals surface area contributed by atoms with Crippen molar-refractivity contribution in [1.82, 2.24) is 4.90 Å². The average molecular weight is 380 g/mol. The molecule has 0 saturated carbocycles. The Morgan fingerprint density at radius 1 is 1.19 bits per heavy atom. The number of halogens is 1. The zero-order valence-corrected chi connectivity index (χ0v) is 16.1. The maximum atomic E-state index is 12.8. The molecule has 2 fully saturated rings. The number of benzene rings is 1. The van der Waals surface area contributed by atoms with Gasteiger partial charge in [-0.05, 0) is 37.1 Å². The van der Waals surface area contributed by atoms with E-state index in [0.29, 0.717) is 17.1 Å². The Morgan fingerprint density at radius 2 is 1.81 bits per heavy atom. The van der Waals surface area contributed by atoms with E-state index < -0.39 is 11.9 Å². The van der Waals surface area contributed by atoms with Crippen LogP contribution in [0, 0.1) is 0 Å². The number of piperidine rings is 1. The second-order valence-corrected chi connectivity index (χ2v) is 7.59. The molecule has 0 aromatic heterocycles. The minimum Gasteiger partial charge on any atom is -0.465 e. The normalized spacial score (nSPS) is 26.3. The highest BCUT2D eigenvalue weighted by atomic mass is 35.5. The van der Waals surface area contributed by atoms with Gasteiger partial charge in [0.1, 0.15) is 18.6 Å². The van der Waals surface area contributed by atoms with Crippen molar-refractivity contribution in [3.63, 3.8) is 0 Å². The number of nitrogens with zero attached hydrogens (tertiary/aromatic N) is 1. The van der Waals surface area contributed by atoms with Gasteiger partial charge in [0.15, 0.2) is 0 Å². The fourth-order valence-corrected chi connectivity index (χ4v) is 4.41. The summed E-state index contributed by atoms with van der Waals surface area (Å²) in [6.07, 6.45) is 4.07. The van der Waals surface area contributed by atoms with Crippen LogP contribution < -0.4 is 0 Å². The molecule has 0 amide bonds. The third-order valence-corrected chi connectivity index (χ3v) is 5.75. The molecule has 0 radical (unpaired) electrons. The maximum Gasteiger partial charge on any atom is 0.317 e. The van der Waals surface area contributed by atoms with Crippen LogP contribution in [0.3, 0.4) is 0 Å². The van der Waals surface area contributed by atoms with Crippen LogP contribution in [0.25, 0.3) is 0 Å². The number of carbonyl (C=O) groups excluding carboxylic acids is 2. The summed E-state index contributed by atoms with van der Waals surface area (Å²) in [4.78, 5) is 26.6. The molecule has 6 heteroatoms. The van der Waals surface area contributed by atoms with E-state index in [4.69, 9.17) is 21.1 Å². The molecular weight excluding hydrogens is 354 g/mol. The number of hydrogen-bond acceptors (Lipinski definition) is 5. The molecule has 2 saturated heterocycles. The van der Waals surface area contributed by atoms with E-state index in [-0.39, 0.29) is 18.7 Å². The first-order valence-electron chi connectivity index (χ1n) is 9.33. The maximum absolute atomic E-state index is 12.8. The van der Waals surface area contributed by atoms with Gasteiger partial charge in [0.2, 0.25) is 0 Å². The highest BCUT2D eigenvalue weighted by molar-refractivity contribution is 6.30. The second kappa shape index (κ2) is 8.40. The number of esters is 2. The van der Waals surface area contributed by atoms with Crippen LogP contribution in [-0.4, -0.2) is 48.2 Å². The SMILES string of the molecule is CCN1[C@@H]2CC[C@H]1CC(OC(=O)[C@@H](COC(C)=O)c1ccc(Cl)cc1)C2. The van der Waals surface area contributed by atoms with E-state index in [2.05, 4.69) is 11.8 Å². The summed E-state index contributed by atoms with van der Waals surface area (Å²) in [5, 5.41) is 0.594. The molecule has 0 N–H and O–H groups in total. The van der Waals surface area contributed by atoms with E-state index >= 15 is 0 Å².